The van der Waals surface area contributed by atoms with Crippen molar-refractivity contribution in [1.82, 2.24) is 10.2 Å². The van der Waals surface area contributed by atoms with Crippen molar-refractivity contribution < 1.29 is 29.0 Å². The molecule has 7 rings (SSSR count). The summed E-state index contributed by atoms with van der Waals surface area (Å²) in [6.45, 7) is 7.73. The average Bonchev–Trinajstić information content (AvgIpc) is 3.50. The number of benzene rings is 3. The summed E-state index contributed by atoms with van der Waals surface area (Å²) in [7, 11) is -3.01. The number of aliphatic hydroxyl groups is 1. The van der Waals surface area contributed by atoms with Crippen molar-refractivity contribution in [3.63, 3.8) is 0 Å². The summed E-state index contributed by atoms with van der Waals surface area (Å²) in [4.78, 5) is 58.7. The standard InChI is InChI=1S/C37H43BrN4O6Si/c1-23-35(49(2,3)47)32(18-33(44)41-21-26-9-5-4-8-25(26)16-29(41)22-43)48-37(23)30-17-27(38)11-12-31(30)42(36(37)46)20-24-7-6-10-28(15-24)40-14-13-39-19-34(40)45/h4-12,15,17,23,29,32,35,39,43,47H,13-14,16,18-22H2,1-3H3/t23-,29+,32+,35-,37+/m1/s1. The summed E-state index contributed by atoms with van der Waals surface area (Å²) in [5.41, 5.74) is 3.45. The number of aliphatic hydroxyl groups excluding tert-OH is 1. The molecule has 0 aliphatic carbocycles. The van der Waals surface area contributed by atoms with Gasteiger partial charge >= 0.3 is 0 Å². The lowest BCUT2D eigenvalue weighted by atomic mass is 9.82. The van der Waals surface area contributed by atoms with Crippen LogP contribution >= 0.6 is 15.9 Å². The van der Waals surface area contributed by atoms with Crippen LogP contribution in [0.15, 0.2) is 71.2 Å². The molecule has 5 atom stereocenters. The molecule has 2 fully saturated rings. The van der Waals surface area contributed by atoms with Gasteiger partial charge in [0, 0.05) is 46.8 Å². The highest BCUT2D eigenvalue weighted by molar-refractivity contribution is 9.10. The highest BCUT2D eigenvalue weighted by atomic mass is 79.9. The number of halogens is 1. The topological polar surface area (TPSA) is 123 Å². The quantitative estimate of drug-likeness (QED) is 0.312. The van der Waals surface area contributed by atoms with Crippen molar-refractivity contribution >= 4 is 53.3 Å². The molecule has 10 nitrogen and oxygen atoms in total. The van der Waals surface area contributed by atoms with E-state index >= 15 is 0 Å². The van der Waals surface area contributed by atoms with Crippen LogP contribution < -0.4 is 15.1 Å². The van der Waals surface area contributed by atoms with E-state index in [0.29, 0.717) is 31.6 Å². The molecule has 3 aromatic rings. The van der Waals surface area contributed by atoms with Crippen LogP contribution in [0.5, 0.6) is 0 Å². The van der Waals surface area contributed by atoms with Gasteiger partial charge in [-0.3, -0.25) is 14.4 Å². The van der Waals surface area contributed by atoms with E-state index in [1.807, 2.05) is 86.7 Å². The molecule has 0 radical (unpaired) electrons. The number of fused-ring (bicyclic) bond motifs is 3. The number of hydrogen-bond acceptors (Lipinski definition) is 7. The summed E-state index contributed by atoms with van der Waals surface area (Å²) in [6.07, 6.45) is -0.153. The van der Waals surface area contributed by atoms with Gasteiger partial charge in [-0.15, -0.1) is 0 Å². The molecule has 0 aromatic heterocycles. The number of nitrogens with zero attached hydrogens (tertiary/aromatic N) is 3. The van der Waals surface area contributed by atoms with Gasteiger partial charge in [0.2, 0.25) is 11.8 Å². The smallest absolute Gasteiger partial charge is 0.264 e. The first-order chi connectivity index (χ1) is 23.4. The fourth-order valence-electron chi connectivity index (χ4n) is 8.62. The molecule has 2 saturated heterocycles. The summed E-state index contributed by atoms with van der Waals surface area (Å²) < 4.78 is 7.74. The molecule has 3 amide bonds. The average molecular weight is 748 g/mol. The lowest BCUT2D eigenvalue weighted by Gasteiger charge is -2.37. The second-order valence-electron chi connectivity index (χ2n) is 14.3. The molecule has 1 spiro atoms. The Labute approximate surface area is 296 Å². The third-order valence-corrected chi connectivity index (χ3v) is 13.9. The molecule has 0 unspecified atom stereocenters. The van der Waals surface area contributed by atoms with Crippen LogP contribution in [-0.4, -0.2) is 79.2 Å². The minimum Gasteiger partial charge on any atom is -0.432 e. The molecule has 4 aliphatic rings. The number of piperazine rings is 1. The predicted octanol–water partition coefficient (Wildman–Crippen LogP) is 4.07. The van der Waals surface area contributed by atoms with Crippen LogP contribution in [0.3, 0.4) is 0 Å². The summed E-state index contributed by atoms with van der Waals surface area (Å²) >= 11 is 3.62. The summed E-state index contributed by atoms with van der Waals surface area (Å²) in [5.74, 6) is -0.815. The fourth-order valence-corrected chi connectivity index (χ4v) is 11.5. The molecule has 4 heterocycles. The highest BCUT2D eigenvalue weighted by Crippen LogP contribution is 2.60. The maximum Gasteiger partial charge on any atom is 0.264 e. The Balaban J connectivity index is 1.21. The van der Waals surface area contributed by atoms with Gasteiger partial charge in [0.1, 0.15) is 0 Å². The van der Waals surface area contributed by atoms with Crippen molar-refractivity contribution in [3.8, 4) is 0 Å². The predicted molar refractivity (Wildman–Crippen MR) is 192 cm³/mol. The van der Waals surface area contributed by atoms with Crippen LogP contribution in [0.1, 0.15) is 35.6 Å². The Kier molecular flexibility index (Phi) is 9.08. The zero-order valence-corrected chi connectivity index (χ0v) is 30.7. The van der Waals surface area contributed by atoms with Crippen molar-refractivity contribution in [2.24, 2.45) is 5.92 Å². The first-order valence-corrected chi connectivity index (χ1v) is 20.8. The largest absolute Gasteiger partial charge is 0.432 e. The number of carbonyl (C=O) groups is 3. The number of rotatable bonds is 7. The number of carbonyl (C=O) groups excluding carboxylic acids is 3. The fraction of sp³-hybridized carbons (Fsp3) is 0.432. The molecule has 258 valence electrons. The molecule has 3 N–H and O–H groups in total. The van der Waals surface area contributed by atoms with Crippen LogP contribution in [-0.2, 0) is 44.2 Å². The monoisotopic (exact) mass is 746 g/mol. The Hall–Kier alpha value is -3.39. The molecule has 0 saturated carbocycles. The van der Waals surface area contributed by atoms with E-state index in [4.69, 9.17) is 4.74 Å². The highest BCUT2D eigenvalue weighted by Gasteiger charge is 2.66. The van der Waals surface area contributed by atoms with E-state index in [-0.39, 0.29) is 49.9 Å². The van der Waals surface area contributed by atoms with Crippen LogP contribution in [0.4, 0.5) is 11.4 Å². The zero-order valence-electron chi connectivity index (χ0n) is 28.1. The Morgan fingerprint density at radius 3 is 2.59 bits per heavy atom. The Morgan fingerprint density at radius 1 is 1.08 bits per heavy atom. The van der Waals surface area contributed by atoms with E-state index in [1.54, 1.807) is 14.7 Å². The van der Waals surface area contributed by atoms with Gasteiger partial charge in [0.15, 0.2) is 13.9 Å². The van der Waals surface area contributed by atoms with Gasteiger partial charge < -0.3 is 34.7 Å². The van der Waals surface area contributed by atoms with Crippen molar-refractivity contribution in [1.29, 1.82) is 0 Å². The van der Waals surface area contributed by atoms with Crippen molar-refractivity contribution in [2.75, 3.05) is 36.0 Å². The minimum absolute atomic E-state index is 0.00413. The minimum atomic E-state index is -3.01. The zero-order chi connectivity index (χ0) is 34.7. The Morgan fingerprint density at radius 2 is 1.86 bits per heavy atom. The maximum absolute atomic E-state index is 14.9. The molecule has 49 heavy (non-hydrogen) atoms. The molecular weight excluding hydrogens is 704 g/mol. The lowest BCUT2D eigenvalue weighted by molar-refractivity contribution is -0.151. The van der Waals surface area contributed by atoms with Gasteiger partial charge in [-0.25, -0.2) is 0 Å². The first-order valence-electron chi connectivity index (χ1n) is 17.0. The van der Waals surface area contributed by atoms with Gasteiger partial charge in [-0.1, -0.05) is 59.3 Å². The molecule has 0 bridgehead atoms. The number of nitrogens with one attached hydrogen (secondary N) is 1. The second kappa shape index (κ2) is 13.1. The molecule has 4 aliphatic heterocycles. The van der Waals surface area contributed by atoms with E-state index in [9.17, 15) is 24.3 Å². The van der Waals surface area contributed by atoms with E-state index in [2.05, 4.69) is 21.2 Å². The number of anilines is 2. The summed E-state index contributed by atoms with van der Waals surface area (Å²) in [6, 6.07) is 21.1. The van der Waals surface area contributed by atoms with E-state index in [0.717, 1.165) is 32.5 Å². The van der Waals surface area contributed by atoms with Crippen molar-refractivity contribution in [3.05, 3.63) is 93.5 Å². The van der Waals surface area contributed by atoms with Crippen LogP contribution in [0, 0.1) is 5.92 Å². The SMILES string of the molecule is C[C@@H]1[C@@H]([Si](C)(C)O)[C@H](CC(=O)N2Cc3ccccc3C[C@H]2CO)O[C@@]12C(=O)N(Cc1cccc(N3CCNCC3=O)c1)c1ccc(Br)cc12. The molecule has 12 heteroatoms. The third-order valence-electron chi connectivity index (χ3n) is 10.9. The third kappa shape index (κ3) is 5.96. The molecular formula is C37H43BrN4O6Si. The number of hydrogen-bond donors (Lipinski definition) is 3. The first kappa shape index (κ1) is 34.1. The normalized spacial score (nSPS) is 26.8. The number of ether oxygens (including phenoxy) is 1. The second-order valence-corrected chi connectivity index (χ2v) is 19.2. The molecule has 3 aromatic carbocycles. The van der Waals surface area contributed by atoms with Gasteiger partial charge in [-0.2, -0.15) is 0 Å². The van der Waals surface area contributed by atoms with E-state index < -0.39 is 31.5 Å². The Bertz CT molecular complexity index is 1800. The van der Waals surface area contributed by atoms with Crippen LogP contribution in [0.2, 0.25) is 18.6 Å². The number of amides is 3. The lowest BCUT2D eigenvalue weighted by Crippen LogP contribution is -2.48. The summed E-state index contributed by atoms with van der Waals surface area (Å²) in [5, 5.41) is 13.4. The van der Waals surface area contributed by atoms with Gasteiger partial charge in [-0.05, 0) is 66.5 Å². The maximum atomic E-state index is 14.9. The van der Waals surface area contributed by atoms with Crippen LogP contribution in [0.25, 0.3) is 0 Å². The van der Waals surface area contributed by atoms with Gasteiger partial charge in [0.25, 0.3) is 5.91 Å². The van der Waals surface area contributed by atoms with E-state index in [1.165, 1.54) is 0 Å². The van der Waals surface area contributed by atoms with Gasteiger partial charge in [0.05, 0.1) is 44.0 Å². The van der Waals surface area contributed by atoms with Crippen molar-refractivity contribution in [2.45, 2.75) is 69.2 Å².